The number of likely N-dealkylation sites (N-methyl/N-ethyl adjacent to an activating group) is 1. The number of sulfonamides is 1. The zero-order valence-corrected chi connectivity index (χ0v) is 19.7. The van der Waals surface area contributed by atoms with Gasteiger partial charge in [-0.3, -0.25) is 9.52 Å². The van der Waals surface area contributed by atoms with E-state index in [4.69, 9.17) is 0 Å². The summed E-state index contributed by atoms with van der Waals surface area (Å²) < 4.78 is 28.3. The molecule has 1 atom stereocenters. The molecule has 31 heavy (non-hydrogen) atoms. The lowest BCUT2D eigenvalue weighted by Crippen LogP contribution is -2.34. The molecule has 0 aliphatic heterocycles. The zero-order chi connectivity index (χ0) is 22.6. The Balaban J connectivity index is 1.79. The highest BCUT2D eigenvalue weighted by Gasteiger charge is 2.20. The Morgan fingerprint density at radius 2 is 1.84 bits per heavy atom. The number of nitrogens with zero attached hydrogens (tertiary/aromatic N) is 1. The molecular formula is C23H27N3O3S2. The van der Waals surface area contributed by atoms with E-state index in [1.54, 1.807) is 42.5 Å². The van der Waals surface area contributed by atoms with Crippen LogP contribution in [0.3, 0.4) is 0 Å². The van der Waals surface area contributed by atoms with E-state index in [9.17, 15) is 13.2 Å². The smallest absolute Gasteiger partial charge is 0.261 e. The Morgan fingerprint density at radius 1 is 1.06 bits per heavy atom. The number of carbonyl (C=O) groups is 1. The maximum Gasteiger partial charge on any atom is 0.261 e. The summed E-state index contributed by atoms with van der Waals surface area (Å²) in [6.07, 6.45) is 0. The van der Waals surface area contributed by atoms with Crippen molar-refractivity contribution in [1.82, 2.24) is 10.2 Å². The van der Waals surface area contributed by atoms with Crippen LogP contribution in [0, 0.1) is 13.8 Å². The molecule has 3 aromatic rings. The Bertz CT molecular complexity index is 1160. The SMILES string of the molecule is Cc1cccc(NS(=O)(=O)c2ccc(C)c(C(=O)NC[C@H](c3cccs3)N(C)C)c2)c1. The monoisotopic (exact) mass is 457 g/mol. The quantitative estimate of drug-likeness (QED) is 0.531. The van der Waals surface area contributed by atoms with E-state index in [1.165, 1.54) is 12.1 Å². The number of thiophene rings is 1. The van der Waals surface area contributed by atoms with Crippen LogP contribution in [-0.4, -0.2) is 39.9 Å². The molecule has 1 aromatic heterocycles. The first kappa shape index (κ1) is 23.0. The molecule has 0 saturated heterocycles. The van der Waals surface area contributed by atoms with Crippen LogP contribution in [-0.2, 0) is 10.0 Å². The van der Waals surface area contributed by atoms with E-state index in [0.29, 0.717) is 23.4 Å². The molecule has 0 aliphatic rings. The van der Waals surface area contributed by atoms with Crippen molar-refractivity contribution in [3.8, 4) is 0 Å². The third kappa shape index (κ3) is 5.72. The number of aryl methyl sites for hydroxylation is 2. The second-order valence-electron chi connectivity index (χ2n) is 7.66. The van der Waals surface area contributed by atoms with Gasteiger partial charge in [0.1, 0.15) is 0 Å². The summed E-state index contributed by atoms with van der Waals surface area (Å²) in [5.74, 6) is -0.298. The van der Waals surface area contributed by atoms with Gasteiger partial charge in [0, 0.05) is 22.7 Å². The average molecular weight is 458 g/mol. The number of rotatable bonds is 8. The molecule has 3 rings (SSSR count). The Kier molecular flexibility index (Phi) is 7.15. The lowest BCUT2D eigenvalue weighted by Gasteiger charge is -2.23. The number of nitrogens with one attached hydrogen (secondary N) is 2. The fraction of sp³-hybridized carbons (Fsp3) is 0.261. The molecule has 8 heteroatoms. The van der Waals surface area contributed by atoms with Crippen molar-refractivity contribution in [1.29, 1.82) is 0 Å². The van der Waals surface area contributed by atoms with Crippen molar-refractivity contribution in [3.05, 3.63) is 81.5 Å². The maximum absolute atomic E-state index is 12.9. The predicted molar refractivity (Wildman–Crippen MR) is 126 cm³/mol. The van der Waals surface area contributed by atoms with Gasteiger partial charge in [-0.15, -0.1) is 11.3 Å². The second-order valence-corrected chi connectivity index (χ2v) is 10.3. The van der Waals surface area contributed by atoms with Crippen LogP contribution in [0.25, 0.3) is 0 Å². The average Bonchev–Trinajstić information content (AvgIpc) is 3.22. The normalized spacial score (nSPS) is 12.5. The van der Waals surface area contributed by atoms with Crippen LogP contribution < -0.4 is 10.0 Å². The fourth-order valence-electron chi connectivity index (χ4n) is 3.24. The molecule has 1 amide bonds. The third-order valence-corrected chi connectivity index (χ3v) is 7.34. The first-order valence-corrected chi connectivity index (χ1v) is 12.2. The summed E-state index contributed by atoms with van der Waals surface area (Å²) in [7, 11) is 0.109. The fourth-order valence-corrected chi connectivity index (χ4v) is 5.24. The van der Waals surface area contributed by atoms with Crippen LogP contribution in [0.2, 0.25) is 0 Å². The van der Waals surface area contributed by atoms with Gasteiger partial charge in [0.2, 0.25) is 0 Å². The first-order chi connectivity index (χ1) is 14.7. The van der Waals surface area contributed by atoms with Gasteiger partial charge in [0.05, 0.1) is 10.9 Å². The van der Waals surface area contributed by atoms with E-state index in [0.717, 1.165) is 10.4 Å². The van der Waals surface area contributed by atoms with Crippen molar-refractivity contribution in [3.63, 3.8) is 0 Å². The van der Waals surface area contributed by atoms with E-state index in [-0.39, 0.29) is 16.8 Å². The molecule has 0 saturated carbocycles. The van der Waals surface area contributed by atoms with Crippen molar-refractivity contribution >= 4 is 33.0 Å². The van der Waals surface area contributed by atoms with Crippen molar-refractivity contribution in [2.24, 2.45) is 0 Å². The highest BCUT2D eigenvalue weighted by atomic mass is 32.2. The minimum Gasteiger partial charge on any atom is -0.350 e. The van der Waals surface area contributed by atoms with Gasteiger partial charge in [-0.1, -0.05) is 24.3 Å². The summed E-state index contributed by atoms with van der Waals surface area (Å²) in [5, 5.41) is 4.96. The van der Waals surface area contributed by atoms with Gasteiger partial charge in [-0.05, 0) is 74.8 Å². The summed E-state index contributed by atoms with van der Waals surface area (Å²) in [6.45, 7) is 4.11. The van der Waals surface area contributed by atoms with Crippen molar-refractivity contribution in [2.45, 2.75) is 24.8 Å². The van der Waals surface area contributed by atoms with Gasteiger partial charge >= 0.3 is 0 Å². The minimum atomic E-state index is -3.82. The molecule has 2 aromatic carbocycles. The molecule has 6 nitrogen and oxygen atoms in total. The van der Waals surface area contributed by atoms with Gasteiger partial charge in [-0.25, -0.2) is 8.42 Å². The maximum atomic E-state index is 12.9. The molecule has 0 fully saturated rings. The molecule has 0 radical (unpaired) electrons. The second kappa shape index (κ2) is 9.64. The van der Waals surface area contributed by atoms with Crippen LogP contribution in [0.1, 0.15) is 32.4 Å². The van der Waals surface area contributed by atoms with Gasteiger partial charge in [-0.2, -0.15) is 0 Å². The van der Waals surface area contributed by atoms with Crippen LogP contribution in [0.4, 0.5) is 5.69 Å². The molecule has 164 valence electrons. The van der Waals surface area contributed by atoms with Crippen LogP contribution >= 0.6 is 11.3 Å². The molecule has 0 bridgehead atoms. The standard InChI is InChI=1S/C23H27N3O3S2/c1-16-7-5-8-18(13-16)25-31(28,29)19-11-10-17(2)20(14-19)23(27)24-15-21(26(3)4)22-9-6-12-30-22/h5-14,21,25H,15H2,1-4H3,(H,24,27)/t21-/m1/s1. The minimum absolute atomic E-state index is 0.0409. The number of benzene rings is 2. The largest absolute Gasteiger partial charge is 0.350 e. The molecule has 2 N–H and O–H groups in total. The Labute approximate surface area is 188 Å². The third-order valence-electron chi connectivity index (χ3n) is 4.99. The van der Waals surface area contributed by atoms with Crippen LogP contribution in [0.5, 0.6) is 0 Å². The number of anilines is 1. The molecular weight excluding hydrogens is 430 g/mol. The first-order valence-electron chi connectivity index (χ1n) is 9.85. The lowest BCUT2D eigenvalue weighted by molar-refractivity contribution is 0.0941. The summed E-state index contributed by atoms with van der Waals surface area (Å²) in [4.78, 5) is 16.2. The summed E-state index contributed by atoms with van der Waals surface area (Å²) >= 11 is 1.64. The molecule has 0 aliphatic carbocycles. The summed E-state index contributed by atoms with van der Waals surface area (Å²) in [5.41, 5.74) is 2.49. The predicted octanol–water partition coefficient (Wildman–Crippen LogP) is 4.20. The topological polar surface area (TPSA) is 78.5 Å². The van der Waals surface area contributed by atoms with E-state index in [2.05, 4.69) is 10.0 Å². The van der Waals surface area contributed by atoms with Crippen molar-refractivity contribution in [2.75, 3.05) is 25.4 Å². The van der Waals surface area contributed by atoms with E-state index in [1.807, 2.05) is 49.5 Å². The zero-order valence-electron chi connectivity index (χ0n) is 18.0. The lowest BCUT2D eigenvalue weighted by atomic mass is 10.1. The molecule has 1 heterocycles. The number of hydrogen-bond acceptors (Lipinski definition) is 5. The van der Waals surface area contributed by atoms with Crippen LogP contribution in [0.15, 0.2) is 64.9 Å². The van der Waals surface area contributed by atoms with Gasteiger partial charge in [0.25, 0.3) is 15.9 Å². The highest BCUT2D eigenvalue weighted by Crippen LogP contribution is 2.23. The van der Waals surface area contributed by atoms with Gasteiger partial charge in [0.15, 0.2) is 0 Å². The van der Waals surface area contributed by atoms with E-state index < -0.39 is 10.0 Å². The number of amides is 1. The Hall–Kier alpha value is -2.68. The highest BCUT2D eigenvalue weighted by molar-refractivity contribution is 7.92. The molecule has 0 unspecified atom stereocenters. The van der Waals surface area contributed by atoms with Gasteiger partial charge < -0.3 is 10.2 Å². The molecule has 0 spiro atoms. The Morgan fingerprint density at radius 3 is 2.48 bits per heavy atom. The number of hydrogen-bond donors (Lipinski definition) is 2. The van der Waals surface area contributed by atoms with E-state index >= 15 is 0 Å². The summed E-state index contributed by atoms with van der Waals surface area (Å²) in [6, 6.07) is 15.8. The van der Waals surface area contributed by atoms with Crippen molar-refractivity contribution < 1.29 is 13.2 Å². The number of carbonyl (C=O) groups excluding carboxylic acids is 1.